The van der Waals surface area contributed by atoms with Crippen molar-refractivity contribution in [3.63, 3.8) is 0 Å². The van der Waals surface area contributed by atoms with Gasteiger partial charge in [0.25, 0.3) is 0 Å². The molecule has 2 rings (SSSR count). The molecule has 4 amide bonds. The SMILES string of the molecule is CCN(C(N)=O)c1ccc(C(=O)c2ccccc2)cc1NC(=NC(=O)OC)NC(=O)OC. The molecular weight excluding hydrogens is 418 g/mol. The Hall–Kier alpha value is -4.41. The van der Waals surface area contributed by atoms with Crippen molar-refractivity contribution in [3.05, 3.63) is 59.7 Å². The van der Waals surface area contributed by atoms with E-state index in [-0.39, 0.29) is 35.2 Å². The zero-order valence-corrected chi connectivity index (χ0v) is 17.7. The number of alkyl carbamates (subject to hydrolysis) is 1. The third kappa shape index (κ3) is 6.05. The fourth-order valence-electron chi connectivity index (χ4n) is 2.71. The molecule has 11 nitrogen and oxygen atoms in total. The van der Waals surface area contributed by atoms with E-state index in [1.165, 1.54) is 23.1 Å². The highest BCUT2D eigenvalue weighted by Crippen LogP contribution is 2.28. The lowest BCUT2D eigenvalue weighted by atomic mass is 10.0. The van der Waals surface area contributed by atoms with Gasteiger partial charge >= 0.3 is 18.2 Å². The first-order chi connectivity index (χ1) is 15.3. The number of urea groups is 1. The summed E-state index contributed by atoms with van der Waals surface area (Å²) in [7, 11) is 2.24. The number of nitrogens with two attached hydrogens (primary N) is 1. The van der Waals surface area contributed by atoms with Crippen molar-refractivity contribution in [3.8, 4) is 0 Å². The van der Waals surface area contributed by atoms with Crippen LogP contribution < -0.4 is 21.3 Å². The smallest absolute Gasteiger partial charge is 0.436 e. The summed E-state index contributed by atoms with van der Waals surface area (Å²) in [5, 5.41) is 4.96. The molecule has 0 aliphatic rings. The minimum Gasteiger partial charge on any atom is -0.453 e. The first kappa shape index (κ1) is 23.9. The number of hydrogen-bond donors (Lipinski definition) is 3. The number of carbonyl (C=O) groups is 4. The summed E-state index contributed by atoms with van der Waals surface area (Å²) in [6, 6.07) is 12.3. The second-order valence-electron chi connectivity index (χ2n) is 6.18. The van der Waals surface area contributed by atoms with Crippen LogP contribution in [-0.4, -0.2) is 50.7 Å². The predicted octanol–water partition coefficient (Wildman–Crippen LogP) is 2.71. The summed E-state index contributed by atoms with van der Waals surface area (Å²) in [5.74, 6) is -0.635. The molecule has 0 heterocycles. The third-order valence-electron chi connectivity index (χ3n) is 4.20. The normalized spacial score (nSPS) is 10.7. The first-order valence-corrected chi connectivity index (χ1v) is 9.40. The molecule has 0 radical (unpaired) electrons. The molecule has 0 bridgehead atoms. The number of rotatable bonds is 5. The number of aliphatic imine (C=N–C) groups is 1. The van der Waals surface area contributed by atoms with Crippen molar-refractivity contribution in [1.82, 2.24) is 5.32 Å². The lowest BCUT2D eigenvalue weighted by Crippen LogP contribution is -2.39. The molecular formula is C21H23N5O6. The Bertz CT molecular complexity index is 1040. The zero-order chi connectivity index (χ0) is 23.7. The average molecular weight is 441 g/mol. The maximum absolute atomic E-state index is 12.9. The van der Waals surface area contributed by atoms with Crippen LogP contribution in [0.1, 0.15) is 22.8 Å². The number of benzene rings is 2. The van der Waals surface area contributed by atoms with Crippen LogP contribution in [0.15, 0.2) is 53.5 Å². The van der Waals surface area contributed by atoms with E-state index in [4.69, 9.17) is 5.73 Å². The number of primary amides is 1. The van der Waals surface area contributed by atoms with Crippen LogP contribution in [0.2, 0.25) is 0 Å². The maximum Gasteiger partial charge on any atom is 0.436 e. The van der Waals surface area contributed by atoms with Crippen molar-refractivity contribution in [2.75, 3.05) is 31.0 Å². The number of nitrogens with zero attached hydrogens (tertiary/aromatic N) is 2. The zero-order valence-electron chi connectivity index (χ0n) is 17.7. The van der Waals surface area contributed by atoms with E-state index in [9.17, 15) is 19.2 Å². The van der Waals surface area contributed by atoms with Gasteiger partial charge in [-0.25, -0.2) is 14.4 Å². The molecule has 32 heavy (non-hydrogen) atoms. The molecule has 0 unspecified atom stereocenters. The standard InChI is InChI=1S/C21H23N5O6/c1-4-26(18(22)28)16-11-10-14(17(27)13-8-6-5-7-9-13)12-15(16)23-19(24-20(29)31-2)25-21(30)32-3/h5-12H,4H2,1-3H3,(H2,22,28)(H2,23,24,25,29,30). The summed E-state index contributed by atoms with van der Waals surface area (Å²) < 4.78 is 9.02. The molecule has 0 atom stereocenters. The molecule has 11 heteroatoms. The predicted molar refractivity (Wildman–Crippen MR) is 118 cm³/mol. The van der Waals surface area contributed by atoms with E-state index in [0.29, 0.717) is 5.56 Å². The van der Waals surface area contributed by atoms with Crippen LogP contribution in [0.3, 0.4) is 0 Å². The van der Waals surface area contributed by atoms with Gasteiger partial charge in [0.15, 0.2) is 5.78 Å². The van der Waals surface area contributed by atoms with Crippen molar-refractivity contribution in [2.24, 2.45) is 10.7 Å². The van der Waals surface area contributed by atoms with Crippen LogP contribution in [0, 0.1) is 0 Å². The lowest BCUT2D eigenvalue weighted by molar-refractivity contribution is 0.103. The maximum atomic E-state index is 12.9. The van der Waals surface area contributed by atoms with Crippen LogP contribution in [0.4, 0.5) is 25.8 Å². The van der Waals surface area contributed by atoms with Crippen molar-refractivity contribution in [2.45, 2.75) is 6.92 Å². The largest absolute Gasteiger partial charge is 0.453 e. The van der Waals surface area contributed by atoms with Gasteiger partial charge in [0.05, 0.1) is 25.6 Å². The Labute approximate surface area is 184 Å². The van der Waals surface area contributed by atoms with E-state index in [1.807, 2.05) is 0 Å². The van der Waals surface area contributed by atoms with Gasteiger partial charge < -0.3 is 20.5 Å². The third-order valence-corrected chi connectivity index (χ3v) is 4.20. The van der Waals surface area contributed by atoms with Gasteiger partial charge in [-0.2, -0.15) is 0 Å². The fraction of sp³-hybridized carbons (Fsp3) is 0.190. The molecule has 0 aromatic heterocycles. The highest BCUT2D eigenvalue weighted by Gasteiger charge is 2.20. The number of guanidine groups is 1. The molecule has 0 saturated heterocycles. The summed E-state index contributed by atoms with van der Waals surface area (Å²) in [6.07, 6.45) is -1.93. The van der Waals surface area contributed by atoms with E-state index in [2.05, 4.69) is 25.1 Å². The number of ketones is 1. The van der Waals surface area contributed by atoms with Crippen LogP contribution in [0.25, 0.3) is 0 Å². The van der Waals surface area contributed by atoms with Crippen LogP contribution in [0.5, 0.6) is 0 Å². The molecule has 0 spiro atoms. The summed E-state index contributed by atoms with van der Waals surface area (Å²) in [4.78, 5) is 53.0. The van der Waals surface area contributed by atoms with Gasteiger partial charge in [-0.15, -0.1) is 4.99 Å². The number of anilines is 2. The Morgan fingerprint density at radius 2 is 1.69 bits per heavy atom. The molecule has 2 aromatic carbocycles. The summed E-state index contributed by atoms with van der Waals surface area (Å²) in [5.41, 5.74) is 6.65. The van der Waals surface area contributed by atoms with Crippen LogP contribution in [-0.2, 0) is 9.47 Å². The van der Waals surface area contributed by atoms with Gasteiger partial charge in [0, 0.05) is 17.7 Å². The van der Waals surface area contributed by atoms with Gasteiger partial charge in [0.1, 0.15) is 0 Å². The second kappa shape index (κ2) is 11.1. The highest BCUT2D eigenvalue weighted by atomic mass is 16.5. The van der Waals surface area contributed by atoms with E-state index in [0.717, 1.165) is 14.2 Å². The molecule has 168 valence electrons. The summed E-state index contributed by atoms with van der Waals surface area (Å²) in [6.45, 7) is 1.91. The van der Waals surface area contributed by atoms with E-state index in [1.54, 1.807) is 37.3 Å². The number of methoxy groups -OCH3 is 2. The number of carbonyl (C=O) groups excluding carboxylic acids is 4. The van der Waals surface area contributed by atoms with Crippen molar-refractivity contribution >= 4 is 41.3 Å². The molecule has 0 aliphatic heterocycles. The molecule has 0 fully saturated rings. The van der Waals surface area contributed by atoms with E-state index < -0.39 is 18.2 Å². The fourth-order valence-corrected chi connectivity index (χ4v) is 2.71. The molecule has 4 N–H and O–H groups in total. The monoisotopic (exact) mass is 441 g/mol. The summed E-state index contributed by atoms with van der Waals surface area (Å²) >= 11 is 0. The van der Waals surface area contributed by atoms with Gasteiger partial charge in [0.2, 0.25) is 5.96 Å². The van der Waals surface area contributed by atoms with Gasteiger partial charge in [-0.1, -0.05) is 30.3 Å². The minimum atomic E-state index is -1.01. The number of hydrogen-bond acceptors (Lipinski definition) is 6. The molecule has 0 aliphatic carbocycles. The second-order valence-corrected chi connectivity index (χ2v) is 6.18. The average Bonchev–Trinajstić information content (AvgIpc) is 2.79. The van der Waals surface area contributed by atoms with Crippen molar-refractivity contribution < 1.29 is 28.7 Å². The lowest BCUT2D eigenvalue weighted by Gasteiger charge is -2.23. The molecule has 0 saturated carbocycles. The number of ether oxygens (including phenoxy) is 2. The Morgan fingerprint density at radius 1 is 1.00 bits per heavy atom. The topological polar surface area (TPSA) is 152 Å². The van der Waals surface area contributed by atoms with Gasteiger partial charge in [-0.05, 0) is 25.1 Å². The highest BCUT2D eigenvalue weighted by molar-refractivity contribution is 6.12. The van der Waals surface area contributed by atoms with Crippen molar-refractivity contribution in [1.29, 1.82) is 0 Å². The number of nitrogens with one attached hydrogen (secondary N) is 2. The first-order valence-electron chi connectivity index (χ1n) is 9.40. The van der Waals surface area contributed by atoms with E-state index >= 15 is 0 Å². The number of amides is 4. The quantitative estimate of drug-likeness (QED) is 0.366. The molecule has 2 aromatic rings. The Kier molecular flexibility index (Phi) is 8.29. The minimum absolute atomic E-state index is 0.173. The van der Waals surface area contributed by atoms with Gasteiger partial charge in [-0.3, -0.25) is 15.0 Å². The van der Waals surface area contributed by atoms with Crippen LogP contribution >= 0.6 is 0 Å². The Morgan fingerprint density at radius 3 is 2.25 bits per heavy atom. The Balaban J connectivity index is 2.56.